The monoisotopic (exact) mass is 369 g/mol. The normalized spacial score (nSPS) is 16.7. The fourth-order valence-electron chi connectivity index (χ4n) is 3.33. The van der Waals surface area contributed by atoms with Crippen LogP contribution in [0.15, 0.2) is 30.6 Å². The first-order valence-electron chi connectivity index (χ1n) is 9.21. The van der Waals surface area contributed by atoms with Gasteiger partial charge in [-0.05, 0) is 49.9 Å². The van der Waals surface area contributed by atoms with Crippen molar-refractivity contribution < 1.29 is 9.53 Å². The van der Waals surface area contributed by atoms with Crippen LogP contribution < -0.4 is 15.0 Å². The Morgan fingerprint density at radius 1 is 1.19 bits per heavy atom. The Bertz CT molecular complexity index is 788. The number of nitrogens with one attached hydrogen (secondary N) is 1. The van der Waals surface area contributed by atoms with E-state index in [-0.39, 0.29) is 12.1 Å². The molecule has 1 saturated heterocycles. The molecular formula is C20H27N5O2. The molecule has 27 heavy (non-hydrogen) atoms. The van der Waals surface area contributed by atoms with Crippen LogP contribution in [-0.4, -0.2) is 54.2 Å². The van der Waals surface area contributed by atoms with Crippen molar-refractivity contribution in [2.45, 2.75) is 32.8 Å². The van der Waals surface area contributed by atoms with Crippen molar-refractivity contribution >= 4 is 17.5 Å². The van der Waals surface area contributed by atoms with Gasteiger partial charge in [-0.2, -0.15) is 0 Å². The molecule has 1 fully saturated rings. The molecule has 1 N–H and O–H groups in total. The number of piperidine rings is 1. The molecule has 0 radical (unpaired) electrons. The maximum absolute atomic E-state index is 12.7. The Morgan fingerprint density at radius 3 is 2.59 bits per heavy atom. The number of benzene rings is 1. The number of aromatic nitrogens is 2. The van der Waals surface area contributed by atoms with Gasteiger partial charge in [-0.1, -0.05) is 6.07 Å². The second-order valence-corrected chi connectivity index (χ2v) is 7.21. The van der Waals surface area contributed by atoms with Crippen molar-refractivity contribution in [3.63, 3.8) is 0 Å². The summed E-state index contributed by atoms with van der Waals surface area (Å²) in [6, 6.07) is 5.95. The minimum Gasteiger partial charge on any atom is -0.470 e. The molecule has 7 heteroatoms. The fraction of sp³-hybridized carbons (Fsp3) is 0.450. The van der Waals surface area contributed by atoms with Crippen LogP contribution >= 0.6 is 0 Å². The van der Waals surface area contributed by atoms with Crippen LogP contribution in [0.2, 0.25) is 0 Å². The quantitative estimate of drug-likeness (QED) is 0.896. The molecule has 0 spiro atoms. The summed E-state index contributed by atoms with van der Waals surface area (Å²) in [6.45, 7) is 5.30. The molecule has 3 rings (SSSR count). The highest BCUT2D eigenvalue weighted by Crippen LogP contribution is 2.24. The molecule has 1 aromatic carbocycles. The number of rotatable bonds is 4. The maximum atomic E-state index is 12.7. The van der Waals surface area contributed by atoms with Crippen LogP contribution in [0, 0.1) is 13.8 Å². The molecule has 1 atom stereocenters. The molecule has 1 unspecified atom stereocenters. The molecule has 0 bridgehead atoms. The van der Waals surface area contributed by atoms with Gasteiger partial charge in [0, 0.05) is 38.7 Å². The van der Waals surface area contributed by atoms with E-state index in [1.807, 2.05) is 45.0 Å². The predicted molar refractivity (Wildman–Crippen MR) is 107 cm³/mol. The SMILES string of the molecule is Cc1cc(C)cc(NC(=O)N2CCCC(Oc3nccnc3N(C)C)C2)c1. The third-order valence-electron chi connectivity index (χ3n) is 4.49. The Hall–Kier alpha value is -2.83. The van der Waals surface area contributed by atoms with Crippen molar-refractivity contribution in [3.8, 4) is 5.88 Å². The van der Waals surface area contributed by atoms with E-state index in [1.165, 1.54) is 0 Å². The van der Waals surface area contributed by atoms with Gasteiger partial charge in [-0.25, -0.2) is 14.8 Å². The first kappa shape index (κ1) is 18.9. The standard InChI is InChI=1S/C20H27N5O2/c1-14-10-15(2)12-16(11-14)23-20(26)25-9-5-6-17(13-25)27-19-18(24(3)4)21-7-8-22-19/h7-8,10-12,17H,5-6,9,13H2,1-4H3,(H,23,26). The van der Waals surface area contributed by atoms with Gasteiger partial charge in [0.2, 0.25) is 0 Å². The largest absolute Gasteiger partial charge is 0.470 e. The number of nitrogens with zero attached hydrogens (tertiary/aromatic N) is 4. The second kappa shape index (κ2) is 8.24. The van der Waals surface area contributed by atoms with Gasteiger partial charge in [-0.15, -0.1) is 0 Å². The molecule has 1 aliphatic rings. The molecule has 0 aliphatic carbocycles. The number of carbonyl (C=O) groups excluding carboxylic acids is 1. The first-order chi connectivity index (χ1) is 12.9. The average molecular weight is 369 g/mol. The highest BCUT2D eigenvalue weighted by molar-refractivity contribution is 5.89. The van der Waals surface area contributed by atoms with E-state index in [0.717, 1.165) is 36.2 Å². The van der Waals surface area contributed by atoms with Crippen LogP contribution in [0.1, 0.15) is 24.0 Å². The van der Waals surface area contributed by atoms with Crippen LogP contribution in [-0.2, 0) is 0 Å². The van der Waals surface area contributed by atoms with E-state index in [2.05, 4.69) is 21.4 Å². The minimum absolute atomic E-state index is 0.0970. The number of likely N-dealkylation sites (tertiary alicyclic amines) is 1. The summed E-state index contributed by atoms with van der Waals surface area (Å²) in [6.07, 6.45) is 4.95. The number of ether oxygens (including phenoxy) is 1. The molecule has 2 aromatic rings. The number of hydrogen-bond acceptors (Lipinski definition) is 5. The summed E-state index contributed by atoms with van der Waals surface area (Å²) < 4.78 is 6.08. The van der Waals surface area contributed by atoms with Crippen molar-refractivity contribution in [2.24, 2.45) is 0 Å². The van der Waals surface area contributed by atoms with E-state index in [9.17, 15) is 4.79 Å². The number of amides is 2. The van der Waals surface area contributed by atoms with Gasteiger partial charge in [0.05, 0.1) is 6.54 Å². The molecular weight excluding hydrogens is 342 g/mol. The zero-order valence-corrected chi connectivity index (χ0v) is 16.4. The summed E-state index contributed by atoms with van der Waals surface area (Å²) in [5.74, 6) is 1.19. The Labute approximate surface area is 160 Å². The molecule has 0 saturated carbocycles. The second-order valence-electron chi connectivity index (χ2n) is 7.21. The van der Waals surface area contributed by atoms with Crippen LogP contribution in [0.3, 0.4) is 0 Å². The van der Waals surface area contributed by atoms with Gasteiger partial charge in [-0.3, -0.25) is 0 Å². The van der Waals surface area contributed by atoms with E-state index in [0.29, 0.717) is 18.2 Å². The highest BCUT2D eigenvalue weighted by Gasteiger charge is 2.26. The topological polar surface area (TPSA) is 70.6 Å². The molecule has 2 amide bonds. The third kappa shape index (κ3) is 4.87. The highest BCUT2D eigenvalue weighted by atomic mass is 16.5. The van der Waals surface area contributed by atoms with Crippen LogP contribution in [0.5, 0.6) is 5.88 Å². The molecule has 7 nitrogen and oxygen atoms in total. The average Bonchev–Trinajstić information content (AvgIpc) is 2.61. The van der Waals surface area contributed by atoms with E-state index in [1.54, 1.807) is 17.3 Å². The summed E-state index contributed by atoms with van der Waals surface area (Å²) in [5, 5.41) is 3.00. The third-order valence-corrected chi connectivity index (χ3v) is 4.49. The zero-order valence-electron chi connectivity index (χ0n) is 16.4. The van der Waals surface area contributed by atoms with Crippen molar-refractivity contribution in [1.29, 1.82) is 0 Å². The lowest BCUT2D eigenvalue weighted by Crippen LogP contribution is -2.46. The fourth-order valence-corrected chi connectivity index (χ4v) is 3.33. The van der Waals surface area contributed by atoms with Gasteiger partial charge in [0.1, 0.15) is 6.10 Å². The zero-order chi connectivity index (χ0) is 19.4. The Kier molecular flexibility index (Phi) is 5.78. The summed E-state index contributed by atoms with van der Waals surface area (Å²) in [7, 11) is 3.81. The van der Waals surface area contributed by atoms with Crippen molar-refractivity contribution in [3.05, 3.63) is 41.7 Å². The lowest BCUT2D eigenvalue weighted by Gasteiger charge is -2.33. The van der Waals surface area contributed by atoms with Crippen molar-refractivity contribution in [1.82, 2.24) is 14.9 Å². The van der Waals surface area contributed by atoms with E-state index >= 15 is 0 Å². The molecule has 144 valence electrons. The van der Waals surface area contributed by atoms with E-state index in [4.69, 9.17) is 4.74 Å². The van der Waals surface area contributed by atoms with Gasteiger partial charge in [0.25, 0.3) is 5.88 Å². The number of carbonyl (C=O) groups is 1. The lowest BCUT2D eigenvalue weighted by molar-refractivity contribution is 0.103. The number of aryl methyl sites for hydroxylation is 2. The van der Waals surface area contributed by atoms with Crippen LogP contribution in [0.4, 0.5) is 16.3 Å². The number of anilines is 2. The van der Waals surface area contributed by atoms with E-state index < -0.39 is 0 Å². The number of hydrogen-bond donors (Lipinski definition) is 1. The lowest BCUT2D eigenvalue weighted by atomic mass is 10.1. The summed E-state index contributed by atoms with van der Waals surface area (Å²) in [4.78, 5) is 25.0. The van der Waals surface area contributed by atoms with Gasteiger partial charge >= 0.3 is 6.03 Å². The Balaban J connectivity index is 1.64. The molecule has 1 aromatic heterocycles. The number of urea groups is 1. The smallest absolute Gasteiger partial charge is 0.321 e. The van der Waals surface area contributed by atoms with Crippen molar-refractivity contribution in [2.75, 3.05) is 37.4 Å². The minimum atomic E-state index is -0.0980. The van der Waals surface area contributed by atoms with Gasteiger partial charge in [0.15, 0.2) is 5.82 Å². The summed E-state index contributed by atoms with van der Waals surface area (Å²) >= 11 is 0. The first-order valence-corrected chi connectivity index (χ1v) is 9.21. The summed E-state index contributed by atoms with van der Waals surface area (Å²) in [5.41, 5.74) is 3.08. The predicted octanol–water partition coefficient (Wildman–Crippen LogP) is 3.23. The maximum Gasteiger partial charge on any atom is 0.321 e. The van der Waals surface area contributed by atoms with Gasteiger partial charge < -0.3 is 19.9 Å². The molecule has 2 heterocycles. The molecule has 1 aliphatic heterocycles. The van der Waals surface area contributed by atoms with Crippen LogP contribution in [0.25, 0.3) is 0 Å². The Morgan fingerprint density at radius 2 is 1.89 bits per heavy atom.